The molecule has 2 aromatic rings. The zero-order valence-electron chi connectivity index (χ0n) is 18.8. The number of hydrogen-bond donors (Lipinski definition) is 3. The third kappa shape index (κ3) is 4.39. The fourth-order valence-electron chi connectivity index (χ4n) is 5.18. The normalized spacial score (nSPS) is 20.7. The van der Waals surface area contributed by atoms with Crippen molar-refractivity contribution in [2.75, 3.05) is 38.0 Å². The first-order chi connectivity index (χ1) is 15.9. The molecule has 3 N–H and O–H groups in total. The van der Waals surface area contributed by atoms with Gasteiger partial charge in [-0.15, -0.1) is 0 Å². The first kappa shape index (κ1) is 22.4. The van der Waals surface area contributed by atoms with E-state index in [4.69, 9.17) is 0 Å². The molecular weight excluding hydrogens is 484 g/mol. The van der Waals surface area contributed by atoms with Gasteiger partial charge in [-0.3, -0.25) is 9.59 Å². The molecule has 7 nitrogen and oxygen atoms in total. The van der Waals surface area contributed by atoms with E-state index in [2.05, 4.69) is 31.1 Å². The first-order valence-corrected chi connectivity index (χ1v) is 12.4. The minimum Gasteiger partial charge on any atom is -0.390 e. The molecular formula is C25H29BrN4O3. The maximum absolute atomic E-state index is 13.3. The molecule has 1 fully saturated rings. The predicted molar refractivity (Wildman–Crippen MR) is 132 cm³/mol. The van der Waals surface area contributed by atoms with Gasteiger partial charge in [0.2, 0.25) is 0 Å². The summed E-state index contributed by atoms with van der Waals surface area (Å²) in [6, 6.07) is 5.70. The molecule has 0 aliphatic carbocycles. The van der Waals surface area contributed by atoms with Crippen LogP contribution in [0.3, 0.4) is 0 Å². The van der Waals surface area contributed by atoms with Crippen molar-refractivity contribution in [1.82, 2.24) is 14.8 Å². The predicted octanol–water partition coefficient (Wildman–Crippen LogP) is 3.42. The quantitative estimate of drug-likeness (QED) is 0.535. The van der Waals surface area contributed by atoms with Crippen LogP contribution in [0, 0.1) is 6.92 Å². The molecule has 174 valence electrons. The van der Waals surface area contributed by atoms with Crippen LogP contribution in [0.4, 0.5) is 5.69 Å². The molecule has 3 aliphatic rings. The van der Waals surface area contributed by atoms with Gasteiger partial charge in [-0.1, -0.05) is 22.4 Å². The highest BCUT2D eigenvalue weighted by Gasteiger charge is 2.31. The average Bonchev–Trinajstić information content (AvgIpc) is 3.27. The number of aliphatic hydroxyl groups excluding tert-OH is 1. The van der Waals surface area contributed by atoms with Gasteiger partial charge in [-0.05, 0) is 62.7 Å². The molecule has 3 aliphatic heterocycles. The number of aliphatic hydroxyl groups is 1. The number of β-amino-alcohol motifs (C(OH)–C–C–N with tert-alkyl or cyclic N) is 1. The number of hydrogen-bond acceptors (Lipinski definition) is 4. The van der Waals surface area contributed by atoms with E-state index >= 15 is 0 Å². The second kappa shape index (κ2) is 9.08. The highest BCUT2D eigenvalue weighted by molar-refractivity contribution is 9.10. The number of carbonyl (C=O) groups is 2. The zero-order chi connectivity index (χ0) is 23.1. The second-order valence-corrected chi connectivity index (χ2v) is 10.2. The number of piperidine rings is 1. The number of nitrogens with zero attached hydrogens (tertiary/aromatic N) is 2. The van der Waals surface area contributed by atoms with E-state index in [0.29, 0.717) is 37.2 Å². The molecule has 1 unspecified atom stereocenters. The molecule has 0 bridgehead atoms. The van der Waals surface area contributed by atoms with Gasteiger partial charge in [-0.2, -0.15) is 0 Å². The number of benzene rings is 1. The highest BCUT2D eigenvalue weighted by atomic mass is 79.9. The van der Waals surface area contributed by atoms with Crippen molar-refractivity contribution in [1.29, 1.82) is 0 Å². The molecule has 2 amide bonds. The monoisotopic (exact) mass is 512 g/mol. The summed E-state index contributed by atoms with van der Waals surface area (Å²) < 4.78 is 0.903. The van der Waals surface area contributed by atoms with Crippen LogP contribution in [0.1, 0.15) is 52.1 Å². The van der Waals surface area contributed by atoms with Crippen LogP contribution in [-0.4, -0.2) is 70.5 Å². The number of H-pyrrole nitrogens is 1. The van der Waals surface area contributed by atoms with Crippen molar-refractivity contribution in [2.24, 2.45) is 0 Å². The van der Waals surface area contributed by atoms with Gasteiger partial charge >= 0.3 is 0 Å². The molecule has 1 aromatic carbocycles. The first-order valence-electron chi connectivity index (χ1n) is 11.6. The van der Waals surface area contributed by atoms with Crippen molar-refractivity contribution in [2.45, 2.75) is 38.7 Å². The molecule has 0 spiro atoms. The van der Waals surface area contributed by atoms with E-state index in [1.165, 1.54) is 19.3 Å². The molecule has 1 atom stereocenters. The summed E-state index contributed by atoms with van der Waals surface area (Å²) in [6.07, 6.45) is 5.61. The maximum Gasteiger partial charge on any atom is 0.256 e. The summed E-state index contributed by atoms with van der Waals surface area (Å²) in [7, 11) is 0. The van der Waals surface area contributed by atoms with Crippen LogP contribution in [-0.2, 0) is 11.2 Å². The number of anilines is 1. The van der Waals surface area contributed by atoms with Crippen LogP contribution in [0.2, 0.25) is 0 Å². The van der Waals surface area contributed by atoms with Gasteiger partial charge in [0.05, 0.1) is 17.2 Å². The smallest absolute Gasteiger partial charge is 0.256 e. The van der Waals surface area contributed by atoms with Crippen molar-refractivity contribution < 1.29 is 14.7 Å². The minimum atomic E-state index is -0.549. The summed E-state index contributed by atoms with van der Waals surface area (Å²) in [5.74, 6) is -0.199. The largest absolute Gasteiger partial charge is 0.390 e. The van der Waals surface area contributed by atoms with Gasteiger partial charge in [0, 0.05) is 53.2 Å². The Bertz CT molecular complexity index is 1130. The molecule has 1 aromatic heterocycles. The van der Waals surface area contributed by atoms with Crippen LogP contribution < -0.4 is 5.32 Å². The number of halogens is 1. The standard InChI is InChI=1S/C25H29BrN4O3/c1-15-22(12-19-18-11-16(26)5-6-20(18)28-24(19)32)27-21-7-10-30(25(33)23(15)21)14-17(31)13-29-8-3-2-4-9-29/h5-6,11-12,17,27,31H,2-4,7-10,13-14H2,1H3,(H,28,32)/b19-12-. The highest BCUT2D eigenvalue weighted by Crippen LogP contribution is 2.36. The molecule has 33 heavy (non-hydrogen) atoms. The van der Waals surface area contributed by atoms with E-state index in [1.54, 1.807) is 4.90 Å². The zero-order valence-corrected chi connectivity index (χ0v) is 20.4. The SMILES string of the molecule is Cc1c(/C=C2\C(=O)Nc3ccc(Br)cc32)[nH]c2c1C(=O)N(CC(O)CN1CCCCC1)CC2. The summed E-state index contributed by atoms with van der Waals surface area (Å²) in [4.78, 5) is 33.3. The Morgan fingerprint density at radius 2 is 1.94 bits per heavy atom. The fourth-order valence-corrected chi connectivity index (χ4v) is 5.54. The molecule has 5 rings (SSSR count). The number of amides is 2. The Morgan fingerprint density at radius 1 is 1.15 bits per heavy atom. The molecule has 8 heteroatoms. The number of rotatable bonds is 5. The third-order valence-electron chi connectivity index (χ3n) is 6.90. The third-order valence-corrected chi connectivity index (χ3v) is 7.39. The minimum absolute atomic E-state index is 0.0497. The Labute approximate surface area is 202 Å². The van der Waals surface area contributed by atoms with E-state index in [9.17, 15) is 14.7 Å². The number of aromatic nitrogens is 1. The van der Waals surface area contributed by atoms with Gasteiger partial charge in [0.1, 0.15) is 0 Å². The lowest BCUT2D eigenvalue weighted by Gasteiger charge is -2.32. The Morgan fingerprint density at radius 3 is 2.73 bits per heavy atom. The Hall–Kier alpha value is -2.42. The number of nitrogens with one attached hydrogen (secondary N) is 2. The van der Waals surface area contributed by atoms with Crippen molar-refractivity contribution in [3.05, 3.63) is 50.8 Å². The van der Waals surface area contributed by atoms with Crippen LogP contribution in [0.15, 0.2) is 22.7 Å². The number of carbonyl (C=O) groups excluding carboxylic acids is 2. The summed E-state index contributed by atoms with van der Waals surface area (Å²) in [5.41, 5.74) is 5.40. The topological polar surface area (TPSA) is 88.7 Å². The van der Waals surface area contributed by atoms with E-state index in [0.717, 1.165) is 45.8 Å². The fraction of sp³-hybridized carbons (Fsp3) is 0.440. The van der Waals surface area contributed by atoms with Gasteiger partial charge in [-0.25, -0.2) is 0 Å². The number of likely N-dealkylation sites (tertiary alicyclic amines) is 1. The Kier molecular flexibility index (Phi) is 6.16. The molecule has 0 radical (unpaired) electrons. The Balaban J connectivity index is 1.35. The molecule has 0 saturated carbocycles. The van der Waals surface area contributed by atoms with Crippen LogP contribution >= 0.6 is 15.9 Å². The van der Waals surface area contributed by atoms with E-state index < -0.39 is 6.10 Å². The number of aromatic amines is 1. The number of fused-ring (bicyclic) bond motifs is 2. The lowest BCUT2D eigenvalue weighted by atomic mass is 10.0. The van der Waals surface area contributed by atoms with Crippen LogP contribution in [0.25, 0.3) is 11.6 Å². The van der Waals surface area contributed by atoms with Crippen molar-refractivity contribution in [3.63, 3.8) is 0 Å². The average molecular weight is 513 g/mol. The molecule has 1 saturated heterocycles. The van der Waals surface area contributed by atoms with E-state index in [-0.39, 0.29) is 11.8 Å². The van der Waals surface area contributed by atoms with Gasteiger partial charge in [0.25, 0.3) is 11.8 Å². The molecule has 4 heterocycles. The summed E-state index contributed by atoms with van der Waals surface area (Å²) in [5, 5.41) is 13.5. The van der Waals surface area contributed by atoms with Crippen molar-refractivity contribution in [3.8, 4) is 0 Å². The van der Waals surface area contributed by atoms with Gasteiger partial charge < -0.3 is 25.2 Å². The lowest BCUT2D eigenvalue weighted by Crippen LogP contribution is -2.46. The van der Waals surface area contributed by atoms with Crippen LogP contribution in [0.5, 0.6) is 0 Å². The second-order valence-electron chi connectivity index (χ2n) is 9.24. The van der Waals surface area contributed by atoms with Crippen molar-refractivity contribution >= 4 is 45.1 Å². The summed E-state index contributed by atoms with van der Waals surface area (Å²) >= 11 is 3.48. The maximum atomic E-state index is 13.3. The van der Waals surface area contributed by atoms with E-state index in [1.807, 2.05) is 31.2 Å². The summed E-state index contributed by atoms with van der Waals surface area (Å²) in [6.45, 7) is 5.51. The van der Waals surface area contributed by atoms with Gasteiger partial charge in [0.15, 0.2) is 0 Å². The lowest BCUT2D eigenvalue weighted by molar-refractivity contribution is -0.110.